The van der Waals surface area contributed by atoms with E-state index in [1.807, 2.05) is 13.8 Å². The molecule has 0 radical (unpaired) electrons. The number of sulfonamides is 1. The lowest BCUT2D eigenvalue weighted by atomic mass is 10.1. The monoisotopic (exact) mass is 395 g/mol. The summed E-state index contributed by atoms with van der Waals surface area (Å²) in [4.78, 5) is 0.158. The van der Waals surface area contributed by atoms with Crippen LogP contribution in [-0.2, 0) is 10.0 Å². The molecule has 8 nitrogen and oxygen atoms in total. The van der Waals surface area contributed by atoms with Gasteiger partial charge in [-0.15, -0.1) is 0 Å². The van der Waals surface area contributed by atoms with Gasteiger partial charge >= 0.3 is 0 Å². The van der Waals surface area contributed by atoms with Crippen LogP contribution in [0.15, 0.2) is 23.1 Å². The standard InChI is InChI=1S/C18H25N3O5S/c1-11(2)21-13(4)18(12(3)20-21)27(23,24)19-10-15(22)14-5-6-16-17(9-14)26-8-7-25-16/h5-6,9,11,15,19,22H,7-8,10H2,1-4H3/t15-/m0/s1. The van der Waals surface area contributed by atoms with Crippen LogP contribution in [0.2, 0.25) is 0 Å². The minimum absolute atomic E-state index is 0.0518. The van der Waals surface area contributed by atoms with Gasteiger partial charge in [-0.3, -0.25) is 4.68 Å². The first kappa shape index (κ1) is 19.7. The van der Waals surface area contributed by atoms with Crippen molar-refractivity contribution in [2.75, 3.05) is 19.8 Å². The summed E-state index contributed by atoms with van der Waals surface area (Å²) in [5, 5.41) is 14.7. The molecule has 27 heavy (non-hydrogen) atoms. The Morgan fingerprint density at radius 1 is 1.22 bits per heavy atom. The molecule has 0 bridgehead atoms. The Morgan fingerprint density at radius 2 is 1.89 bits per heavy atom. The predicted molar refractivity (Wildman–Crippen MR) is 99.7 cm³/mol. The van der Waals surface area contributed by atoms with Gasteiger partial charge in [0.05, 0.1) is 17.5 Å². The van der Waals surface area contributed by atoms with Crippen molar-refractivity contribution in [3.63, 3.8) is 0 Å². The summed E-state index contributed by atoms with van der Waals surface area (Å²) in [6.07, 6.45) is -1.02. The number of aryl methyl sites for hydroxylation is 1. The van der Waals surface area contributed by atoms with Crippen LogP contribution in [0.4, 0.5) is 0 Å². The van der Waals surface area contributed by atoms with E-state index >= 15 is 0 Å². The van der Waals surface area contributed by atoms with Crippen LogP contribution in [-0.4, -0.2) is 43.1 Å². The zero-order chi connectivity index (χ0) is 19.8. The fourth-order valence-electron chi connectivity index (χ4n) is 3.19. The van der Waals surface area contributed by atoms with E-state index in [-0.39, 0.29) is 17.5 Å². The van der Waals surface area contributed by atoms with E-state index in [0.717, 1.165) is 0 Å². The van der Waals surface area contributed by atoms with Gasteiger partial charge in [-0.2, -0.15) is 5.10 Å². The molecule has 1 atom stereocenters. The maximum atomic E-state index is 12.8. The molecule has 0 saturated carbocycles. The maximum absolute atomic E-state index is 12.8. The quantitative estimate of drug-likeness (QED) is 0.774. The molecule has 0 unspecified atom stereocenters. The number of benzene rings is 1. The van der Waals surface area contributed by atoms with E-state index < -0.39 is 16.1 Å². The largest absolute Gasteiger partial charge is 0.486 e. The van der Waals surface area contributed by atoms with Gasteiger partial charge in [-0.05, 0) is 45.4 Å². The van der Waals surface area contributed by atoms with E-state index in [2.05, 4.69) is 9.82 Å². The molecule has 1 aromatic carbocycles. The topological polar surface area (TPSA) is 103 Å². The Balaban J connectivity index is 1.76. The Bertz CT molecular complexity index is 937. The summed E-state index contributed by atoms with van der Waals surface area (Å²) in [6.45, 7) is 8.04. The first-order chi connectivity index (χ1) is 12.7. The normalized spacial score (nSPS) is 15.2. The number of aliphatic hydroxyl groups excluding tert-OH is 1. The highest BCUT2D eigenvalue weighted by atomic mass is 32.2. The van der Waals surface area contributed by atoms with Crippen molar-refractivity contribution in [2.24, 2.45) is 0 Å². The Hall–Kier alpha value is -2.10. The van der Waals surface area contributed by atoms with E-state index in [4.69, 9.17) is 9.47 Å². The predicted octanol–water partition coefficient (Wildman–Crippen LogP) is 1.86. The van der Waals surface area contributed by atoms with Crippen molar-refractivity contribution in [3.05, 3.63) is 35.2 Å². The second-order valence-electron chi connectivity index (χ2n) is 6.81. The van der Waals surface area contributed by atoms with Crippen LogP contribution in [0.5, 0.6) is 11.5 Å². The number of aromatic nitrogens is 2. The Labute approximate surface area is 159 Å². The van der Waals surface area contributed by atoms with Crippen molar-refractivity contribution in [3.8, 4) is 11.5 Å². The summed E-state index contributed by atoms with van der Waals surface area (Å²) in [5.41, 5.74) is 1.56. The third-order valence-electron chi connectivity index (χ3n) is 4.43. The Kier molecular flexibility index (Phi) is 5.45. The highest BCUT2D eigenvalue weighted by Crippen LogP contribution is 2.32. The molecule has 0 fully saturated rings. The number of nitrogens with zero attached hydrogens (tertiary/aromatic N) is 2. The second-order valence-corrected chi connectivity index (χ2v) is 8.51. The van der Waals surface area contributed by atoms with Crippen LogP contribution < -0.4 is 14.2 Å². The number of nitrogens with one attached hydrogen (secondary N) is 1. The van der Waals surface area contributed by atoms with E-state index in [0.29, 0.717) is 41.7 Å². The van der Waals surface area contributed by atoms with Crippen molar-refractivity contribution >= 4 is 10.0 Å². The van der Waals surface area contributed by atoms with Crippen LogP contribution in [0, 0.1) is 13.8 Å². The number of aliphatic hydroxyl groups is 1. The molecule has 0 saturated heterocycles. The van der Waals surface area contributed by atoms with Crippen molar-refractivity contribution in [1.82, 2.24) is 14.5 Å². The van der Waals surface area contributed by atoms with Gasteiger partial charge in [-0.1, -0.05) is 6.07 Å². The number of hydrogen-bond donors (Lipinski definition) is 2. The minimum atomic E-state index is -3.80. The van der Waals surface area contributed by atoms with Gasteiger partial charge in [0, 0.05) is 12.6 Å². The molecular weight excluding hydrogens is 370 g/mol. The number of fused-ring (bicyclic) bond motifs is 1. The molecule has 148 valence electrons. The Morgan fingerprint density at radius 3 is 2.52 bits per heavy atom. The lowest BCUT2D eigenvalue weighted by Gasteiger charge is -2.20. The highest BCUT2D eigenvalue weighted by Gasteiger charge is 2.26. The van der Waals surface area contributed by atoms with Crippen LogP contribution in [0.3, 0.4) is 0 Å². The molecule has 3 rings (SSSR count). The van der Waals surface area contributed by atoms with Crippen LogP contribution >= 0.6 is 0 Å². The second kappa shape index (κ2) is 7.49. The third-order valence-corrected chi connectivity index (χ3v) is 6.11. The molecule has 0 spiro atoms. The molecule has 2 aromatic rings. The van der Waals surface area contributed by atoms with Crippen LogP contribution in [0.1, 0.15) is 42.9 Å². The first-order valence-electron chi connectivity index (χ1n) is 8.83. The van der Waals surface area contributed by atoms with Crippen molar-refractivity contribution in [1.29, 1.82) is 0 Å². The summed E-state index contributed by atoms with van der Waals surface area (Å²) >= 11 is 0. The average molecular weight is 395 g/mol. The maximum Gasteiger partial charge on any atom is 0.244 e. The lowest BCUT2D eigenvalue weighted by molar-refractivity contribution is 0.165. The SMILES string of the molecule is Cc1nn(C(C)C)c(C)c1S(=O)(=O)NC[C@H](O)c1ccc2c(c1)OCCO2. The zero-order valence-electron chi connectivity index (χ0n) is 15.9. The average Bonchev–Trinajstić information content (AvgIpc) is 2.94. The molecule has 2 heterocycles. The molecule has 1 aromatic heterocycles. The third kappa shape index (κ3) is 3.95. The number of rotatable bonds is 6. The summed E-state index contributed by atoms with van der Waals surface area (Å²) in [7, 11) is -3.80. The number of hydrogen-bond acceptors (Lipinski definition) is 6. The first-order valence-corrected chi connectivity index (χ1v) is 10.3. The van der Waals surface area contributed by atoms with Crippen molar-refractivity contribution in [2.45, 2.75) is 44.7 Å². The van der Waals surface area contributed by atoms with Crippen molar-refractivity contribution < 1.29 is 23.0 Å². The summed E-state index contributed by atoms with van der Waals surface area (Å²) in [5.74, 6) is 1.16. The fourth-order valence-corrected chi connectivity index (χ4v) is 4.62. The molecule has 9 heteroatoms. The zero-order valence-corrected chi connectivity index (χ0v) is 16.7. The molecule has 1 aliphatic rings. The van der Waals surface area contributed by atoms with E-state index in [1.165, 1.54) is 0 Å². The molecule has 2 N–H and O–H groups in total. The molecule has 0 aliphatic carbocycles. The summed E-state index contributed by atoms with van der Waals surface area (Å²) < 4.78 is 40.6. The fraction of sp³-hybridized carbons (Fsp3) is 0.500. The smallest absolute Gasteiger partial charge is 0.244 e. The van der Waals surface area contributed by atoms with E-state index in [1.54, 1.807) is 36.7 Å². The summed E-state index contributed by atoms with van der Waals surface area (Å²) in [6, 6.07) is 5.12. The van der Waals surface area contributed by atoms with Gasteiger partial charge in [0.25, 0.3) is 0 Å². The highest BCUT2D eigenvalue weighted by molar-refractivity contribution is 7.89. The van der Waals surface area contributed by atoms with Gasteiger partial charge < -0.3 is 14.6 Å². The van der Waals surface area contributed by atoms with Crippen LogP contribution in [0.25, 0.3) is 0 Å². The molecule has 1 aliphatic heterocycles. The molecule has 0 amide bonds. The van der Waals surface area contributed by atoms with E-state index in [9.17, 15) is 13.5 Å². The van der Waals surface area contributed by atoms with Gasteiger partial charge in [0.1, 0.15) is 18.1 Å². The lowest BCUT2D eigenvalue weighted by Crippen LogP contribution is -2.29. The minimum Gasteiger partial charge on any atom is -0.486 e. The van der Waals surface area contributed by atoms with Gasteiger partial charge in [0.2, 0.25) is 10.0 Å². The van der Waals surface area contributed by atoms with Gasteiger partial charge in [-0.25, -0.2) is 13.1 Å². The molecular formula is C18H25N3O5S. The van der Waals surface area contributed by atoms with Gasteiger partial charge in [0.15, 0.2) is 11.5 Å². The number of ether oxygens (including phenoxy) is 2.